The van der Waals surface area contributed by atoms with Crippen LogP contribution in [0.3, 0.4) is 0 Å². The number of amides is 1. The summed E-state index contributed by atoms with van der Waals surface area (Å²) >= 11 is 1.14. The lowest BCUT2D eigenvalue weighted by Crippen LogP contribution is -2.28. The first-order chi connectivity index (χ1) is 11.3. The summed E-state index contributed by atoms with van der Waals surface area (Å²) in [6.45, 7) is 0. The Morgan fingerprint density at radius 2 is 1.79 bits per heavy atom. The standard InChI is InChI=1S/C16H10F5NOS/c17-12-5-4-9(6-13(12)18)15-22(14(23)8-24-15)11-3-1-2-10(7-11)16(19,20)21/h1-7,15H,8H2/t15-/m1/s1. The Balaban J connectivity index is 2.01. The molecule has 2 aromatic carbocycles. The Bertz CT molecular complexity index is 792. The predicted molar refractivity (Wildman–Crippen MR) is 80.5 cm³/mol. The highest BCUT2D eigenvalue weighted by atomic mass is 32.2. The molecule has 0 saturated carbocycles. The summed E-state index contributed by atoms with van der Waals surface area (Å²) in [6.07, 6.45) is -4.54. The van der Waals surface area contributed by atoms with E-state index in [-0.39, 0.29) is 11.4 Å². The van der Waals surface area contributed by atoms with Crippen molar-refractivity contribution < 1.29 is 26.7 Å². The van der Waals surface area contributed by atoms with Gasteiger partial charge in [0.05, 0.1) is 11.3 Å². The van der Waals surface area contributed by atoms with Gasteiger partial charge in [0, 0.05) is 5.69 Å². The zero-order valence-electron chi connectivity index (χ0n) is 12.0. The summed E-state index contributed by atoms with van der Waals surface area (Å²) in [5.74, 6) is -2.45. The van der Waals surface area contributed by atoms with Gasteiger partial charge < -0.3 is 0 Å². The number of nitrogens with zero attached hydrogens (tertiary/aromatic N) is 1. The smallest absolute Gasteiger partial charge is 0.295 e. The summed E-state index contributed by atoms with van der Waals surface area (Å²) in [7, 11) is 0. The fourth-order valence-corrected chi connectivity index (χ4v) is 3.61. The van der Waals surface area contributed by atoms with Crippen molar-refractivity contribution in [1.29, 1.82) is 0 Å². The van der Waals surface area contributed by atoms with E-state index >= 15 is 0 Å². The number of hydrogen-bond acceptors (Lipinski definition) is 2. The van der Waals surface area contributed by atoms with Gasteiger partial charge in [-0.25, -0.2) is 8.78 Å². The van der Waals surface area contributed by atoms with Crippen LogP contribution in [-0.2, 0) is 11.0 Å². The molecule has 0 unspecified atom stereocenters. The first kappa shape index (κ1) is 16.8. The molecule has 3 rings (SSSR count). The van der Waals surface area contributed by atoms with Gasteiger partial charge in [0.1, 0.15) is 5.37 Å². The highest BCUT2D eigenvalue weighted by Gasteiger charge is 2.36. The molecule has 24 heavy (non-hydrogen) atoms. The second kappa shape index (κ2) is 6.08. The van der Waals surface area contributed by atoms with Crippen LogP contribution in [0, 0.1) is 11.6 Å². The number of carbonyl (C=O) groups excluding carboxylic acids is 1. The van der Waals surface area contributed by atoms with Crippen LogP contribution in [0.5, 0.6) is 0 Å². The van der Waals surface area contributed by atoms with Crippen molar-refractivity contribution in [3.63, 3.8) is 0 Å². The molecule has 0 N–H and O–H groups in total. The van der Waals surface area contributed by atoms with Gasteiger partial charge in [0.25, 0.3) is 0 Å². The molecule has 1 aliphatic heterocycles. The molecule has 1 atom stereocenters. The third-order valence-electron chi connectivity index (χ3n) is 3.55. The summed E-state index contributed by atoms with van der Waals surface area (Å²) in [5, 5.41) is -0.712. The van der Waals surface area contributed by atoms with Gasteiger partial charge in [-0.05, 0) is 35.9 Å². The SMILES string of the molecule is O=C1CS[C@H](c2ccc(F)c(F)c2)N1c1cccc(C(F)(F)F)c1. The van der Waals surface area contributed by atoms with Crippen LogP contribution >= 0.6 is 11.8 Å². The molecule has 0 aromatic heterocycles. The second-order valence-corrected chi connectivity index (χ2v) is 6.22. The van der Waals surface area contributed by atoms with Crippen molar-refractivity contribution in [1.82, 2.24) is 0 Å². The minimum Gasteiger partial charge on any atom is -0.295 e. The number of benzene rings is 2. The third-order valence-corrected chi connectivity index (χ3v) is 4.76. The third kappa shape index (κ3) is 3.10. The van der Waals surface area contributed by atoms with Crippen molar-refractivity contribution >= 4 is 23.4 Å². The Labute approximate surface area is 138 Å². The maximum Gasteiger partial charge on any atom is 0.416 e. The number of hydrogen-bond donors (Lipinski definition) is 0. The van der Waals surface area contributed by atoms with Crippen LogP contribution in [0.15, 0.2) is 42.5 Å². The van der Waals surface area contributed by atoms with Crippen LogP contribution in [0.4, 0.5) is 27.6 Å². The Hall–Kier alpha value is -2.09. The summed E-state index contributed by atoms with van der Waals surface area (Å²) in [5.41, 5.74) is -0.509. The van der Waals surface area contributed by atoms with Crippen LogP contribution < -0.4 is 4.90 Å². The average molecular weight is 359 g/mol. The molecule has 1 aliphatic rings. The molecule has 8 heteroatoms. The molecular weight excluding hydrogens is 349 g/mol. The largest absolute Gasteiger partial charge is 0.416 e. The topological polar surface area (TPSA) is 20.3 Å². The second-order valence-electron chi connectivity index (χ2n) is 5.15. The fraction of sp³-hybridized carbons (Fsp3) is 0.188. The monoisotopic (exact) mass is 359 g/mol. The Morgan fingerprint density at radius 3 is 2.46 bits per heavy atom. The molecule has 0 bridgehead atoms. The maximum absolute atomic E-state index is 13.4. The number of rotatable bonds is 2. The molecule has 2 nitrogen and oxygen atoms in total. The summed E-state index contributed by atoms with van der Waals surface area (Å²) < 4.78 is 65.1. The van der Waals surface area contributed by atoms with E-state index in [9.17, 15) is 26.7 Å². The minimum absolute atomic E-state index is 0.0416. The number of alkyl halides is 3. The number of thioether (sulfide) groups is 1. The van der Waals surface area contributed by atoms with E-state index in [1.807, 2.05) is 0 Å². The maximum atomic E-state index is 13.4. The lowest BCUT2D eigenvalue weighted by Gasteiger charge is -2.25. The molecule has 1 amide bonds. The first-order valence-electron chi connectivity index (χ1n) is 6.83. The van der Waals surface area contributed by atoms with Gasteiger partial charge in [-0.2, -0.15) is 13.2 Å². The van der Waals surface area contributed by atoms with Crippen molar-refractivity contribution in [2.24, 2.45) is 0 Å². The van der Waals surface area contributed by atoms with Crippen molar-refractivity contribution in [2.75, 3.05) is 10.7 Å². The molecular formula is C16H10F5NOS. The normalized spacial score (nSPS) is 18.3. The van der Waals surface area contributed by atoms with Crippen LogP contribution in [0.1, 0.15) is 16.5 Å². The van der Waals surface area contributed by atoms with Crippen LogP contribution in [-0.4, -0.2) is 11.7 Å². The summed E-state index contributed by atoms with van der Waals surface area (Å²) in [4.78, 5) is 13.3. The predicted octanol–water partition coefficient (Wildman–Crippen LogP) is 4.76. The lowest BCUT2D eigenvalue weighted by atomic mass is 10.1. The van der Waals surface area contributed by atoms with Gasteiger partial charge in [-0.3, -0.25) is 9.69 Å². The number of anilines is 1. The van der Waals surface area contributed by atoms with E-state index < -0.39 is 34.7 Å². The number of carbonyl (C=O) groups is 1. The molecule has 0 spiro atoms. The van der Waals surface area contributed by atoms with E-state index in [1.54, 1.807) is 0 Å². The Kier molecular flexibility index (Phi) is 4.25. The number of halogens is 5. The van der Waals surface area contributed by atoms with Gasteiger partial charge >= 0.3 is 6.18 Å². The molecule has 0 aliphatic carbocycles. The molecule has 126 valence electrons. The lowest BCUT2D eigenvalue weighted by molar-refractivity contribution is -0.137. The van der Waals surface area contributed by atoms with E-state index in [1.165, 1.54) is 23.1 Å². The minimum atomic E-state index is -4.54. The molecule has 1 heterocycles. The molecule has 1 saturated heterocycles. The van der Waals surface area contributed by atoms with Gasteiger partial charge in [0.2, 0.25) is 5.91 Å². The van der Waals surface area contributed by atoms with Crippen molar-refractivity contribution in [3.05, 3.63) is 65.2 Å². The van der Waals surface area contributed by atoms with E-state index in [4.69, 9.17) is 0 Å². The van der Waals surface area contributed by atoms with Crippen LogP contribution in [0.2, 0.25) is 0 Å². The molecule has 1 fully saturated rings. The summed E-state index contributed by atoms with van der Waals surface area (Å²) in [6, 6.07) is 7.56. The average Bonchev–Trinajstić information content (AvgIpc) is 2.91. The highest BCUT2D eigenvalue weighted by molar-refractivity contribution is 8.00. The van der Waals surface area contributed by atoms with Gasteiger partial charge in [-0.1, -0.05) is 12.1 Å². The van der Waals surface area contributed by atoms with Crippen molar-refractivity contribution in [2.45, 2.75) is 11.6 Å². The van der Waals surface area contributed by atoms with Gasteiger partial charge in [-0.15, -0.1) is 11.8 Å². The first-order valence-corrected chi connectivity index (χ1v) is 7.88. The molecule has 0 radical (unpaired) electrons. The zero-order chi connectivity index (χ0) is 17.5. The van der Waals surface area contributed by atoms with Gasteiger partial charge in [0.15, 0.2) is 11.6 Å². The Morgan fingerprint density at radius 1 is 1.04 bits per heavy atom. The zero-order valence-corrected chi connectivity index (χ0v) is 12.8. The highest BCUT2D eigenvalue weighted by Crippen LogP contribution is 2.43. The van der Waals surface area contributed by atoms with E-state index in [2.05, 4.69) is 0 Å². The van der Waals surface area contributed by atoms with E-state index in [0.29, 0.717) is 5.56 Å². The van der Waals surface area contributed by atoms with Crippen molar-refractivity contribution in [3.8, 4) is 0 Å². The van der Waals surface area contributed by atoms with Crippen LogP contribution in [0.25, 0.3) is 0 Å². The fourth-order valence-electron chi connectivity index (χ4n) is 2.45. The quantitative estimate of drug-likeness (QED) is 0.721. The van der Waals surface area contributed by atoms with E-state index in [0.717, 1.165) is 36.0 Å². The molecule has 2 aromatic rings.